The van der Waals surface area contributed by atoms with Gasteiger partial charge >= 0.3 is 0 Å². The van der Waals surface area contributed by atoms with Gasteiger partial charge < -0.3 is 14.6 Å². The molecule has 0 saturated carbocycles. The number of piperidine rings is 1. The third-order valence-corrected chi connectivity index (χ3v) is 4.58. The Balaban J connectivity index is 2.03. The topological polar surface area (TPSA) is 41.9 Å². The van der Waals surface area contributed by atoms with Gasteiger partial charge in [0.05, 0.1) is 13.2 Å². The summed E-state index contributed by atoms with van der Waals surface area (Å²) in [5.74, 6) is 0.974. The molecule has 1 fully saturated rings. The van der Waals surface area contributed by atoms with Crippen molar-refractivity contribution >= 4 is 0 Å². The summed E-state index contributed by atoms with van der Waals surface area (Å²) in [6, 6.07) is 8.25. The van der Waals surface area contributed by atoms with Crippen molar-refractivity contribution in [1.82, 2.24) is 4.90 Å². The summed E-state index contributed by atoms with van der Waals surface area (Å²) in [6.45, 7) is 6.53. The van der Waals surface area contributed by atoms with E-state index in [0.29, 0.717) is 13.2 Å². The number of ether oxygens (including phenoxy) is 2. The molecule has 0 spiro atoms. The second-order valence-corrected chi connectivity index (χ2v) is 6.26. The lowest BCUT2D eigenvalue weighted by Crippen LogP contribution is -2.45. The van der Waals surface area contributed by atoms with Crippen molar-refractivity contribution in [2.24, 2.45) is 5.41 Å². The standard InChI is InChI=1S/C18H29NO3/c1-3-22-17-8-5-4-7-16(17)13-19-11-6-9-18(14-19,15-20)10-12-21-2/h4-5,7-8,20H,3,6,9-15H2,1-2H3/t18-/m0/s1. The van der Waals surface area contributed by atoms with E-state index in [0.717, 1.165) is 44.6 Å². The van der Waals surface area contributed by atoms with Gasteiger partial charge in [0.15, 0.2) is 0 Å². The van der Waals surface area contributed by atoms with Gasteiger partial charge in [-0.1, -0.05) is 18.2 Å². The second kappa shape index (κ2) is 8.51. The number of aliphatic hydroxyl groups is 1. The molecule has 22 heavy (non-hydrogen) atoms. The Morgan fingerprint density at radius 3 is 2.86 bits per heavy atom. The van der Waals surface area contributed by atoms with Crippen LogP contribution in [0.3, 0.4) is 0 Å². The number of hydrogen-bond acceptors (Lipinski definition) is 4. The molecule has 1 atom stereocenters. The zero-order valence-electron chi connectivity index (χ0n) is 13.9. The molecule has 0 amide bonds. The van der Waals surface area contributed by atoms with E-state index in [-0.39, 0.29) is 12.0 Å². The van der Waals surface area contributed by atoms with E-state index in [1.165, 1.54) is 5.56 Å². The highest BCUT2D eigenvalue weighted by Gasteiger charge is 2.34. The Kier molecular flexibility index (Phi) is 6.68. The zero-order valence-corrected chi connectivity index (χ0v) is 13.9. The Morgan fingerprint density at radius 1 is 1.32 bits per heavy atom. The minimum absolute atomic E-state index is 0.0190. The molecule has 0 radical (unpaired) electrons. The lowest BCUT2D eigenvalue weighted by atomic mass is 9.78. The van der Waals surface area contributed by atoms with E-state index < -0.39 is 0 Å². The van der Waals surface area contributed by atoms with Crippen LogP contribution in [0.5, 0.6) is 5.75 Å². The fourth-order valence-corrected chi connectivity index (χ4v) is 3.35. The molecule has 1 aliphatic rings. The number of rotatable bonds is 8. The van der Waals surface area contributed by atoms with E-state index in [1.54, 1.807) is 7.11 Å². The molecule has 1 N–H and O–H groups in total. The van der Waals surface area contributed by atoms with Crippen LogP contribution in [0, 0.1) is 5.41 Å². The molecule has 1 heterocycles. The Labute approximate surface area is 134 Å². The normalized spacial score (nSPS) is 22.7. The van der Waals surface area contributed by atoms with E-state index in [9.17, 15) is 5.11 Å². The van der Waals surface area contributed by atoms with Gasteiger partial charge in [0.1, 0.15) is 5.75 Å². The number of para-hydroxylation sites is 1. The number of hydrogen-bond donors (Lipinski definition) is 1. The summed E-state index contributed by atoms with van der Waals surface area (Å²) in [6.07, 6.45) is 3.13. The highest BCUT2D eigenvalue weighted by atomic mass is 16.5. The van der Waals surface area contributed by atoms with Crippen molar-refractivity contribution in [3.63, 3.8) is 0 Å². The van der Waals surface area contributed by atoms with Crippen LogP contribution in [0.2, 0.25) is 0 Å². The number of aliphatic hydroxyl groups excluding tert-OH is 1. The van der Waals surface area contributed by atoms with Crippen molar-refractivity contribution in [3.8, 4) is 5.75 Å². The molecule has 0 aromatic heterocycles. The largest absolute Gasteiger partial charge is 0.494 e. The summed E-state index contributed by atoms with van der Waals surface area (Å²) < 4.78 is 11.0. The second-order valence-electron chi connectivity index (χ2n) is 6.26. The van der Waals surface area contributed by atoms with Crippen LogP contribution >= 0.6 is 0 Å². The van der Waals surface area contributed by atoms with Gasteiger partial charge in [-0.3, -0.25) is 4.90 Å². The smallest absolute Gasteiger partial charge is 0.123 e. The third-order valence-electron chi connectivity index (χ3n) is 4.58. The van der Waals surface area contributed by atoms with Crippen molar-refractivity contribution in [2.45, 2.75) is 32.7 Å². The van der Waals surface area contributed by atoms with Crippen LogP contribution in [0.4, 0.5) is 0 Å². The molecular weight excluding hydrogens is 278 g/mol. The minimum atomic E-state index is -0.0190. The third kappa shape index (κ3) is 4.45. The fourth-order valence-electron chi connectivity index (χ4n) is 3.35. The van der Waals surface area contributed by atoms with Crippen LogP contribution in [0.1, 0.15) is 31.7 Å². The average Bonchev–Trinajstić information content (AvgIpc) is 2.55. The molecule has 0 aliphatic carbocycles. The summed E-state index contributed by atoms with van der Waals surface area (Å²) in [4.78, 5) is 2.44. The lowest BCUT2D eigenvalue weighted by molar-refractivity contribution is 0.00453. The molecule has 4 nitrogen and oxygen atoms in total. The van der Waals surface area contributed by atoms with Gasteiger partial charge in [-0.05, 0) is 38.8 Å². The summed E-state index contributed by atoms with van der Waals surface area (Å²) in [7, 11) is 1.73. The number of methoxy groups -OCH3 is 1. The van der Waals surface area contributed by atoms with Gasteiger partial charge in [0, 0.05) is 37.8 Å². The molecule has 0 unspecified atom stereocenters. The van der Waals surface area contributed by atoms with Crippen molar-refractivity contribution in [3.05, 3.63) is 29.8 Å². The highest BCUT2D eigenvalue weighted by molar-refractivity contribution is 5.33. The Morgan fingerprint density at radius 2 is 2.14 bits per heavy atom. The summed E-state index contributed by atoms with van der Waals surface area (Å²) in [5, 5.41) is 9.88. The number of likely N-dealkylation sites (tertiary alicyclic amines) is 1. The molecule has 1 aromatic carbocycles. The summed E-state index contributed by atoms with van der Waals surface area (Å²) >= 11 is 0. The predicted octanol–water partition coefficient (Wildman–Crippen LogP) is 2.70. The fraction of sp³-hybridized carbons (Fsp3) is 0.667. The van der Waals surface area contributed by atoms with E-state index in [2.05, 4.69) is 17.0 Å². The van der Waals surface area contributed by atoms with Gasteiger partial charge in [-0.25, -0.2) is 0 Å². The molecule has 1 aromatic rings. The first kappa shape index (κ1) is 17.3. The van der Waals surface area contributed by atoms with E-state index in [4.69, 9.17) is 9.47 Å². The molecule has 1 saturated heterocycles. The molecular formula is C18H29NO3. The molecule has 4 heteroatoms. The van der Waals surface area contributed by atoms with Crippen LogP contribution in [0.15, 0.2) is 24.3 Å². The van der Waals surface area contributed by atoms with Crippen molar-refractivity contribution < 1.29 is 14.6 Å². The highest BCUT2D eigenvalue weighted by Crippen LogP contribution is 2.34. The maximum absolute atomic E-state index is 9.88. The van der Waals surface area contributed by atoms with E-state index >= 15 is 0 Å². The SMILES string of the molecule is CCOc1ccccc1CN1CCC[C@](CO)(CCOC)C1. The van der Waals surface area contributed by atoms with Crippen LogP contribution in [-0.4, -0.2) is 50.0 Å². The molecule has 1 aliphatic heterocycles. The Bertz CT molecular complexity index is 452. The van der Waals surface area contributed by atoms with E-state index in [1.807, 2.05) is 19.1 Å². The first-order chi connectivity index (χ1) is 10.7. The monoisotopic (exact) mass is 307 g/mol. The van der Waals surface area contributed by atoms with Gasteiger partial charge in [-0.2, -0.15) is 0 Å². The van der Waals surface area contributed by atoms with Gasteiger partial charge in [0.25, 0.3) is 0 Å². The first-order valence-corrected chi connectivity index (χ1v) is 8.26. The van der Waals surface area contributed by atoms with Crippen LogP contribution < -0.4 is 4.74 Å². The van der Waals surface area contributed by atoms with Crippen molar-refractivity contribution in [1.29, 1.82) is 0 Å². The van der Waals surface area contributed by atoms with Crippen molar-refractivity contribution in [2.75, 3.05) is 40.0 Å². The first-order valence-electron chi connectivity index (χ1n) is 8.26. The van der Waals surface area contributed by atoms with Gasteiger partial charge in [0.2, 0.25) is 0 Å². The lowest BCUT2D eigenvalue weighted by Gasteiger charge is -2.42. The molecule has 124 valence electrons. The average molecular weight is 307 g/mol. The maximum atomic E-state index is 9.88. The van der Waals surface area contributed by atoms with Crippen LogP contribution in [0.25, 0.3) is 0 Å². The van der Waals surface area contributed by atoms with Gasteiger partial charge in [-0.15, -0.1) is 0 Å². The number of nitrogens with zero attached hydrogens (tertiary/aromatic N) is 1. The summed E-state index contributed by atoms with van der Waals surface area (Å²) in [5.41, 5.74) is 1.21. The Hall–Kier alpha value is -1.10. The maximum Gasteiger partial charge on any atom is 0.123 e. The number of benzene rings is 1. The molecule has 0 bridgehead atoms. The quantitative estimate of drug-likeness (QED) is 0.802. The van der Waals surface area contributed by atoms with Crippen LogP contribution in [-0.2, 0) is 11.3 Å². The molecule has 2 rings (SSSR count). The zero-order chi connectivity index (χ0) is 15.8. The minimum Gasteiger partial charge on any atom is -0.494 e. The predicted molar refractivity (Wildman–Crippen MR) is 88.1 cm³/mol.